The molecule has 0 radical (unpaired) electrons. The Morgan fingerprint density at radius 3 is 2.31 bits per heavy atom. The quantitative estimate of drug-likeness (QED) is 0.335. The van der Waals surface area contributed by atoms with E-state index in [2.05, 4.69) is 47.8 Å². The average Bonchev–Trinajstić information content (AvgIpc) is 3.48. The number of carbonyl (C=O) groups excluding carboxylic acids is 3. The van der Waals surface area contributed by atoms with Crippen LogP contribution in [0.1, 0.15) is 80.6 Å². The summed E-state index contributed by atoms with van der Waals surface area (Å²) in [6.45, 7) is 23.6. The monoisotopic (exact) mass is 561 g/mol. The first kappa shape index (κ1) is 31.7. The normalized spacial score (nSPS) is 28.8. The zero-order chi connectivity index (χ0) is 29.3. The topological polar surface area (TPSA) is 81.2 Å². The Kier molecular flexibility index (Phi) is 9.74. The van der Waals surface area contributed by atoms with Gasteiger partial charge in [0, 0.05) is 30.4 Å². The largest absolute Gasteiger partial charge is 0.394 e. The Morgan fingerprint density at radius 1 is 1.15 bits per heavy atom. The van der Waals surface area contributed by atoms with Crippen molar-refractivity contribution in [3.63, 3.8) is 0 Å². The zero-order valence-electron chi connectivity index (χ0n) is 25.2. The second-order valence-corrected chi connectivity index (χ2v) is 15.0. The molecule has 3 aliphatic rings. The molecule has 7 nitrogen and oxygen atoms in total. The van der Waals surface area contributed by atoms with Crippen molar-refractivity contribution in [1.29, 1.82) is 0 Å². The van der Waals surface area contributed by atoms with Gasteiger partial charge in [0.2, 0.25) is 17.7 Å². The maximum absolute atomic E-state index is 14.8. The van der Waals surface area contributed by atoms with Crippen LogP contribution in [0.4, 0.5) is 0 Å². The van der Waals surface area contributed by atoms with Crippen LogP contribution in [0.25, 0.3) is 0 Å². The summed E-state index contributed by atoms with van der Waals surface area (Å²) in [6.07, 6.45) is 7.15. The third-order valence-electron chi connectivity index (χ3n) is 8.76. The number of carbonyl (C=O) groups is 3. The van der Waals surface area contributed by atoms with Gasteiger partial charge in [-0.3, -0.25) is 14.4 Å². The van der Waals surface area contributed by atoms with Crippen molar-refractivity contribution >= 4 is 29.5 Å². The number of thioether (sulfide) groups is 1. The highest BCUT2D eigenvalue weighted by Gasteiger charge is 2.74. The number of likely N-dealkylation sites (tertiary alicyclic amines) is 1. The van der Waals surface area contributed by atoms with Crippen LogP contribution in [0.5, 0.6) is 0 Å². The van der Waals surface area contributed by atoms with Crippen molar-refractivity contribution in [2.45, 2.75) is 108 Å². The molecule has 6 atom stereocenters. The maximum Gasteiger partial charge on any atom is 0.247 e. The van der Waals surface area contributed by atoms with Crippen molar-refractivity contribution in [3.05, 3.63) is 25.3 Å². The van der Waals surface area contributed by atoms with Crippen LogP contribution in [0.15, 0.2) is 25.3 Å². The fourth-order valence-electron chi connectivity index (χ4n) is 7.69. The van der Waals surface area contributed by atoms with E-state index in [9.17, 15) is 19.5 Å². The highest BCUT2D eigenvalue weighted by molar-refractivity contribution is 8.02. The number of aliphatic hydroxyl groups is 1. The van der Waals surface area contributed by atoms with E-state index < -0.39 is 34.2 Å². The summed E-state index contributed by atoms with van der Waals surface area (Å²) in [4.78, 5) is 48.5. The van der Waals surface area contributed by atoms with Crippen molar-refractivity contribution in [1.82, 2.24) is 14.7 Å². The highest BCUT2D eigenvalue weighted by Crippen LogP contribution is 2.67. The molecule has 0 aromatic carbocycles. The molecule has 220 valence electrons. The Balaban J connectivity index is 2.12. The highest BCUT2D eigenvalue weighted by atomic mass is 32.2. The van der Waals surface area contributed by atoms with Gasteiger partial charge in [-0.25, -0.2) is 0 Å². The summed E-state index contributed by atoms with van der Waals surface area (Å²) in [5, 5.41) is 10.4. The number of amides is 3. The SMILES string of the molecule is C=CCN(CCC)C(=O)[C@@H]1[C@H]2C(=O)N([C@@H](CC)CO)C(C(=O)N(CC=C)C(C)(C)CC(C)(C)C)C23CC[C@H]1S3. The van der Waals surface area contributed by atoms with E-state index in [0.29, 0.717) is 32.5 Å². The lowest BCUT2D eigenvalue weighted by Crippen LogP contribution is -2.61. The Bertz CT molecular complexity index is 956. The molecule has 3 rings (SSSR count). The Hall–Kier alpha value is -1.80. The van der Waals surface area contributed by atoms with Crippen LogP contribution >= 0.6 is 11.8 Å². The minimum Gasteiger partial charge on any atom is -0.394 e. The number of hydrogen-bond acceptors (Lipinski definition) is 5. The second-order valence-electron chi connectivity index (χ2n) is 13.4. The number of fused-ring (bicyclic) bond motifs is 1. The van der Waals surface area contributed by atoms with Gasteiger partial charge in [-0.1, -0.05) is 46.8 Å². The van der Waals surface area contributed by atoms with Gasteiger partial charge in [0.15, 0.2) is 0 Å². The van der Waals surface area contributed by atoms with Crippen molar-refractivity contribution in [2.75, 3.05) is 26.2 Å². The first-order valence-electron chi connectivity index (χ1n) is 14.7. The van der Waals surface area contributed by atoms with Gasteiger partial charge in [0.1, 0.15) is 6.04 Å². The van der Waals surface area contributed by atoms with Crippen LogP contribution in [-0.2, 0) is 14.4 Å². The molecule has 3 amide bonds. The van der Waals surface area contributed by atoms with Gasteiger partial charge in [-0.2, -0.15) is 0 Å². The number of nitrogens with zero attached hydrogens (tertiary/aromatic N) is 3. The minimum absolute atomic E-state index is 0.00437. The average molecular weight is 562 g/mol. The fraction of sp³-hybridized carbons (Fsp3) is 0.774. The van der Waals surface area contributed by atoms with Crippen LogP contribution in [0.3, 0.4) is 0 Å². The third kappa shape index (κ3) is 5.70. The van der Waals surface area contributed by atoms with Gasteiger partial charge in [-0.05, 0) is 51.4 Å². The molecule has 39 heavy (non-hydrogen) atoms. The summed E-state index contributed by atoms with van der Waals surface area (Å²) >= 11 is 1.69. The number of rotatable bonds is 13. The lowest BCUT2D eigenvalue weighted by atomic mass is 9.70. The molecule has 2 unspecified atom stereocenters. The molecule has 2 bridgehead atoms. The minimum atomic E-state index is -0.724. The molecule has 3 fully saturated rings. The standard InChI is InChI=1S/C31H51N3O4S/c1-10-16-32(17-11-2)26(36)23-22-14-15-31(39-22)24(23)27(37)34(21(13-4)19-35)25(31)28(38)33(18-12-3)30(8,9)20-29(5,6)7/h10,12,21-25,35H,1,3,11,13-20H2,2,4-9H3/t21-,22+,23-,24-,25?,31?/m0/s1. The van der Waals surface area contributed by atoms with Gasteiger partial charge >= 0.3 is 0 Å². The number of aliphatic hydroxyl groups excluding tert-OH is 1. The molecular formula is C31H51N3O4S. The second kappa shape index (κ2) is 12.0. The summed E-state index contributed by atoms with van der Waals surface area (Å²) in [6, 6.07) is -1.20. The van der Waals surface area contributed by atoms with Crippen LogP contribution < -0.4 is 0 Å². The fourth-order valence-corrected chi connectivity index (χ4v) is 9.88. The molecule has 0 aliphatic carbocycles. The maximum atomic E-state index is 14.8. The Labute approximate surface area is 240 Å². The van der Waals surface area contributed by atoms with Crippen LogP contribution in [-0.4, -0.2) is 91.4 Å². The van der Waals surface area contributed by atoms with E-state index >= 15 is 0 Å². The molecule has 0 aromatic rings. The lowest BCUT2D eigenvalue weighted by molar-refractivity contribution is -0.149. The summed E-state index contributed by atoms with van der Waals surface area (Å²) in [5.74, 6) is -1.28. The molecule has 1 spiro atoms. The van der Waals surface area contributed by atoms with E-state index in [1.807, 2.05) is 23.6 Å². The van der Waals surface area contributed by atoms with E-state index in [4.69, 9.17) is 0 Å². The zero-order valence-corrected chi connectivity index (χ0v) is 26.1. The first-order chi connectivity index (χ1) is 18.2. The molecule has 3 heterocycles. The molecule has 3 aliphatic heterocycles. The summed E-state index contributed by atoms with van der Waals surface area (Å²) in [5.41, 5.74) is -0.496. The molecule has 0 aromatic heterocycles. The molecule has 8 heteroatoms. The summed E-state index contributed by atoms with van der Waals surface area (Å²) in [7, 11) is 0. The van der Waals surface area contributed by atoms with Crippen molar-refractivity contribution in [2.24, 2.45) is 17.3 Å². The third-order valence-corrected chi connectivity index (χ3v) is 10.7. The van der Waals surface area contributed by atoms with E-state index in [-0.39, 0.29) is 35.0 Å². The predicted molar refractivity (Wildman–Crippen MR) is 159 cm³/mol. The van der Waals surface area contributed by atoms with Gasteiger partial charge < -0.3 is 19.8 Å². The van der Waals surface area contributed by atoms with Gasteiger partial charge in [0.25, 0.3) is 0 Å². The molecule has 3 saturated heterocycles. The number of hydrogen-bond donors (Lipinski definition) is 1. The first-order valence-corrected chi connectivity index (χ1v) is 15.6. The van der Waals surface area contributed by atoms with E-state index in [0.717, 1.165) is 19.3 Å². The Morgan fingerprint density at radius 2 is 1.79 bits per heavy atom. The molecule has 0 saturated carbocycles. The van der Waals surface area contributed by atoms with Crippen molar-refractivity contribution in [3.8, 4) is 0 Å². The van der Waals surface area contributed by atoms with Crippen LogP contribution in [0.2, 0.25) is 0 Å². The van der Waals surface area contributed by atoms with Crippen molar-refractivity contribution < 1.29 is 19.5 Å². The van der Waals surface area contributed by atoms with E-state index in [1.54, 1.807) is 28.8 Å². The summed E-state index contributed by atoms with van der Waals surface area (Å²) < 4.78 is -0.676. The molecular weight excluding hydrogens is 510 g/mol. The predicted octanol–water partition coefficient (Wildman–Crippen LogP) is 4.50. The van der Waals surface area contributed by atoms with Gasteiger partial charge in [-0.15, -0.1) is 24.9 Å². The van der Waals surface area contributed by atoms with Crippen LogP contribution in [0, 0.1) is 17.3 Å². The lowest BCUT2D eigenvalue weighted by Gasteiger charge is -2.46. The van der Waals surface area contributed by atoms with Gasteiger partial charge in [0.05, 0.1) is 29.2 Å². The van der Waals surface area contributed by atoms with E-state index in [1.165, 1.54) is 0 Å². The smallest absolute Gasteiger partial charge is 0.247 e. The molecule has 1 N–H and O–H groups in total.